The van der Waals surface area contributed by atoms with E-state index in [1.807, 2.05) is 39.8 Å². The first-order chi connectivity index (χ1) is 24.6. The fourth-order valence-electron chi connectivity index (χ4n) is 7.42. The molecule has 3 aromatic heterocycles. The molecule has 8 bridgehead atoms. The average molecular weight is 714 g/mol. The fourth-order valence-corrected chi connectivity index (χ4v) is 7.42. The van der Waals surface area contributed by atoms with Crippen LogP contribution in [-0.2, 0) is 32.0 Å². The second-order valence-electron chi connectivity index (χ2n) is 13.4. The summed E-state index contributed by atoms with van der Waals surface area (Å²) < 4.78 is 0. The number of allylic oxidation sites excluding steroid dienone is 1. The van der Waals surface area contributed by atoms with Crippen LogP contribution >= 0.6 is 0 Å². The highest BCUT2D eigenvalue weighted by Gasteiger charge is 2.37. The van der Waals surface area contributed by atoms with E-state index >= 15 is 0 Å². The Labute approximate surface area is 298 Å². The largest absolute Gasteiger partial charge is 0.481 e. The number of nitrogens with zero attached hydrogens (tertiary/aromatic N) is 1. The van der Waals surface area contributed by atoms with Gasteiger partial charge in [0.25, 0.3) is 0 Å². The predicted octanol–water partition coefficient (Wildman–Crippen LogP) is 3.43. The number of nitrogens with one attached hydrogen (secondary N) is 4. The van der Waals surface area contributed by atoms with Crippen molar-refractivity contribution in [1.29, 1.82) is 0 Å². The summed E-state index contributed by atoms with van der Waals surface area (Å²) in [6.07, 6.45) is 5.10. The Morgan fingerprint density at radius 2 is 1.65 bits per heavy atom. The van der Waals surface area contributed by atoms with Gasteiger partial charge in [0.15, 0.2) is 0 Å². The van der Waals surface area contributed by atoms with Crippen LogP contribution < -0.4 is 16.0 Å². The number of carbonyl (C=O) groups excluding carboxylic acids is 1. The average Bonchev–Trinajstić information content (AvgIpc) is 3.74. The molecule has 5 rings (SSSR count). The summed E-state index contributed by atoms with van der Waals surface area (Å²) in [5, 5.41) is 42.0. The van der Waals surface area contributed by atoms with Crippen molar-refractivity contribution in [3.8, 4) is 0 Å². The van der Waals surface area contributed by atoms with Gasteiger partial charge in [-0.1, -0.05) is 26.5 Å². The summed E-state index contributed by atoms with van der Waals surface area (Å²) in [6, 6.07) is -1.76. The molecule has 14 nitrogen and oxygen atoms in total. The van der Waals surface area contributed by atoms with Crippen molar-refractivity contribution in [2.45, 2.75) is 79.2 Å². The highest BCUT2D eigenvalue weighted by atomic mass is 16.4. The molecule has 274 valence electrons. The molecule has 5 heterocycles. The molecular weight excluding hydrogens is 670 g/mol. The molecule has 14 heteroatoms. The van der Waals surface area contributed by atoms with E-state index < -0.39 is 54.6 Å². The lowest BCUT2D eigenvalue weighted by Crippen LogP contribution is -2.43. The molecule has 2 aliphatic heterocycles. The highest BCUT2D eigenvalue weighted by molar-refractivity contribution is 6.24. The van der Waals surface area contributed by atoms with E-state index in [0.29, 0.717) is 29.5 Å². The summed E-state index contributed by atoms with van der Waals surface area (Å²) >= 11 is 0. The summed E-state index contributed by atoms with van der Waals surface area (Å²) in [5.41, 5.74) is 8.56. The SMILES string of the molecule is C=Cc1c2[nH]c(c1C)C=C1N=C(C(CC(=O)N[C@@H](CC(=O)O)C(=O)O)=c3[nH]c(c(C)c3C(=O)O)=Cc3[nH]c(c(C)c3CC)C2)[C@@H](CCC(=O)O)[C@@H]1C. The molecular formula is C38H43N5O9. The van der Waals surface area contributed by atoms with Gasteiger partial charge in [-0.05, 0) is 73.6 Å². The number of carboxylic acid groups (broad SMARTS) is 4. The molecule has 0 fully saturated rings. The van der Waals surface area contributed by atoms with E-state index in [4.69, 9.17) is 4.99 Å². The number of carbonyl (C=O) groups is 5. The van der Waals surface area contributed by atoms with Crippen LogP contribution in [0.4, 0.5) is 0 Å². The van der Waals surface area contributed by atoms with Gasteiger partial charge >= 0.3 is 23.9 Å². The molecule has 3 atom stereocenters. The minimum absolute atomic E-state index is 0.0602. The molecule has 0 radical (unpaired) electrons. The molecule has 2 aliphatic rings. The normalized spacial score (nSPS) is 17.1. The van der Waals surface area contributed by atoms with Crippen molar-refractivity contribution < 1.29 is 44.4 Å². The summed E-state index contributed by atoms with van der Waals surface area (Å²) in [7, 11) is 0. The number of aromatic amines is 3. The molecule has 0 unspecified atom stereocenters. The predicted molar refractivity (Wildman–Crippen MR) is 193 cm³/mol. The minimum atomic E-state index is -1.76. The number of hydrogen-bond donors (Lipinski definition) is 8. The van der Waals surface area contributed by atoms with Gasteiger partial charge in [0.2, 0.25) is 5.91 Å². The van der Waals surface area contributed by atoms with Gasteiger partial charge in [-0.15, -0.1) is 0 Å². The molecule has 0 aromatic carbocycles. The molecule has 1 amide bonds. The molecule has 8 N–H and O–H groups in total. The molecule has 0 aliphatic carbocycles. The zero-order valence-corrected chi connectivity index (χ0v) is 29.7. The van der Waals surface area contributed by atoms with E-state index in [2.05, 4.69) is 26.8 Å². The molecule has 52 heavy (non-hydrogen) atoms. The van der Waals surface area contributed by atoms with Crippen LogP contribution in [-0.4, -0.2) is 76.9 Å². The number of fused-ring (bicyclic) bond motifs is 7. The lowest BCUT2D eigenvalue weighted by Gasteiger charge is -2.20. The third kappa shape index (κ3) is 7.13. The third-order valence-electron chi connectivity index (χ3n) is 10.2. The first-order valence-corrected chi connectivity index (χ1v) is 17.0. The smallest absolute Gasteiger partial charge is 0.338 e. The number of carboxylic acids is 4. The number of aromatic nitrogens is 3. The quantitative estimate of drug-likeness (QED) is 0.137. The number of H-pyrrole nitrogens is 3. The Balaban J connectivity index is 1.89. The summed E-state index contributed by atoms with van der Waals surface area (Å²) in [5.74, 6) is -7.17. The van der Waals surface area contributed by atoms with Crippen molar-refractivity contribution in [3.05, 3.63) is 79.1 Å². The van der Waals surface area contributed by atoms with Gasteiger partial charge < -0.3 is 40.7 Å². The standard InChI is InChI=1S/C38H43N5O9/c1-7-20-16(3)24-12-26-18(5)22(9-10-32(45)46)35(42-26)23(11-31(44)41-30(37(49)50)15-33(47)48)36-34(38(51)52)19(6)27(43-36)14-29-21(8-2)17(4)25(40-29)13-28(20)39-24/h7,12,14,18,22,30,39-40,43H,1,8-11,13,15H2,2-6H3,(H,41,44)(H,45,46)(H,47,48)(H,49,50)(H,51,52)/t18-,22-,30-/m0/s1. The van der Waals surface area contributed by atoms with Gasteiger partial charge in [-0.3, -0.25) is 19.4 Å². The minimum Gasteiger partial charge on any atom is -0.481 e. The van der Waals surface area contributed by atoms with Gasteiger partial charge in [-0.2, -0.15) is 0 Å². The van der Waals surface area contributed by atoms with Gasteiger partial charge in [0.05, 0.1) is 29.5 Å². The Bertz CT molecular complexity index is 2210. The van der Waals surface area contributed by atoms with E-state index in [-0.39, 0.29) is 41.0 Å². The number of aromatic carboxylic acids is 1. The van der Waals surface area contributed by atoms with Gasteiger partial charge in [0, 0.05) is 64.1 Å². The second-order valence-corrected chi connectivity index (χ2v) is 13.4. The maximum atomic E-state index is 13.6. The van der Waals surface area contributed by atoms with Gasteiger partial charge in [-0.25, -0.2) is 9.59 Å². The Hall–Kier alpha value is -5.92. The fraction of sp³-hybridized carbons (Fsp3) is 0.368. The maximum absolute atomic E-state index is 13.6. The van der Waals surface area contributed by atoms with E-state index in [9.17, 15) is 44.4 Å². The molecule has 0 saturated heterocycles. The van der Waals surface area contributed by atoms with E-state index in [1.54, 1.807) is 13.0 Å². The highest BCUT2D eigenvalue weighted by Crippen LogP contribution is 2.39. The number of aliphatic carboxylic acids is 3. The lowest BCUT2D eigenvalue weighted by molar-refractivity contribution is -0.147. The monoisotopic (exact) mass is 713 g/mol. The molecule has 0 saturated carbocycles. The number of amides is 1. The zero-order valence-electron chi connectivity index (χ0n) is 29.7. The van der Waals surface area contributed by atoms with E-state index in [0.717, 1.165) is 45.0 Å². The van der Waals surface area contributed by atoms with Crippen molar-refractivity contribution in [2.75, 3.05) is 0 Å². The topological polar surface area (TPSA) is 238 Å². The second kappa shape index (κ2) is 14.7. The van der Waals surface area contributed by atoms with Crippen molar-refractivity contribution in [3.63, 3.8) is 0 Å². The van der Waals surface area contributed by atoms with Crippen LogP contribution in [0.25, 0.3) is 23.8 Å². The van der Waals surface area contributed by atoms with E-state index in [1.165, 1.54) is 0 Å². The van der Waals surface area contributed by atoms with Crippen LogP contribution in [0.5, 0.6) is 0 Å². The first kappa shape index (κ1) is 37.3. The maximum Gasteiger partial charge on any atom is 0.338 e. The summed E-state index contributed by atoms with van der Waals surface area (Å²) in [4.78, 5) is 77.0. The zero-order chi connectivity index (χ0) is 38.2. The van der Waals surface area contributed by atoms with Crippen LogP contribution in [0.2, 0.25) is 0 Å². The first-order valence-electron chi connectivity index (χ1n) is 17.0. The van der Waals surface area contributed by atoms with Crippen LogP contribution in [0.1, 0.15) is 100 Å². The summed E-state index contributed by atoms with van der Waals surface area (Å²) in [6.45, 7) is 13.6. The number of aliphatic imine (C=N–C) groups is 1. The Kier molecular flexibility index (Phi) is 10.6. The number of rotatable bonds is 12. The van der Waals surface area contributed by atoms with Crippen molar-refractivity contribution in [2.24, 2.45) is 16.8 Å². The van der Waals surface area contributed by atoms with Crippen LogP contribution in [0.15, 0.2) is 17.3 Å². The Morgan fingerprint density at radius 3 is 2.25 bits per heavy atom. The molecule has 0 spiro atoms. The van der Waals surface area contributed by atoms with Crippen molar-refractivity contribution in [1.82, 2.24) is 20.3 Å². The third-order valence-corrected chi connectivity index (χ3v) is 10.2. The van der Waals surface area contributed by atoms with Crippen LogP contribution in [0, 0.1) is 32.6 Å². The van der Waals surface area contributed by atoms with Gasteiger partial charge in [0.1, 0.15) is 6.04 Å². The molecule has 3 aromatic rings. The van der Waals surface area contributed by atoms with Crippen LogP contribution in [0.3, 0.4) is 0 Å². The van der Waals surface area contributed by atoms with Crippen molar-refractivity contribution >= 4 is 59.3 Å². The number of hydrogen-bond acceptors (Lipinski definition) is 6. The Morgan fingerprint density at radius 1 is 0.962 bits per heavy atom. The lowest BCUT2D eigenvalue weighted by atomic mass is 9.82.